The summed E-state index contributed by atoms with van der Waals surface area (Å²) in [5.74, 6) is 1.83. The molecule has 118 valence electrons. The summed E-state index contributed by atoms with van der Waals surface area (Å²) in [6.45, 7) is 1.68. The second-order valence-electron chi connectivity index (χ2n) is 5.36. The van der Waals surface area contributed by atoms with Crippen LogP contribution >= 0.6 is 15.9 Å². The van der Waals surface area contributed by atoms with Crippen LogP contribution in [-0.4, -0.2) is 42.6 Å². The number of nitrogens with zero attached hydrogens (tertiary/aromatic N) is 3. The molecule has 0 saturated carbocycles. The zero-order valence-corrected chi connectivity index (χ0v) is 14.8. The predicted molar refractivity (Wildman–Crippen MR) is 94.7 cm³/mol. The maximum atomic E-state index is 5.22. The number of alkyl halides is 1. The summed E-state index contributed by atoms with van der Waals surface area (Å²) in [4.78, 5) is 9.08. The maximum Gasteiger partial charge on any atom is 0.129 e. The van der Waals surface area contributed by atoms with Crippen molar-refractivity contribution < 1.29 is 4.74 Å². The Kier molecular flexibility index (Phi) is 6.21. The molecule has 0 spiro atoms. The lowest BCUT2D eigenvalue weighted by atomic mass is 10.2. The number of pyridine rings is 1. The molecule has 2 rings (SSSR count). The molecule has 1 heterocycles. The van der Waals surface area contributed by atoms with Crippen LogP contribution in [0.1, 0.15) is 5.56 Å². The number of ether oxygens (including phenoxy) is 1. The third-order valence-electron chi connectivity index (χ3n) is 3.31. The largest absolute Gasteiger partial charge is 0.497 e. The van der Waals surface area contributed by atoms with Gasteiger partial charge in [-0.05, 0) is 43.9 Å². The molecule has 0 aliphatic carbocycles. The van der Waals surface area contributed by atoms with Crippen LogP contribution in [0.2, 0.25) is 0 Å². The monoisotopic (exact) mass is 363 g/mol. The fourth-order valence-corrected chi connectivity index (χ4v) is 3.11. The Bertz CT molecular complexity index is 560. The number of aromatic nitrogens is 1. The first-order chi connectivity index (χ1) is 10.6. The lowest BCUT2D eigenvalue weighted by molar-refractivity contribution is 0.402. The summed E-state index contributed by atoms with van der Waals surface area (Å²) in [7, 11) is 5.82. The normalized spacial score (nSPS) is 12.2. The molecule has 0 aliphatic rings. The highest BCUT2D eigenvalue weighted by Crippen LogP contribution is 2.22. The van der Waals surface area contributed by atoms with Gasteiger partial charge in [-0.3, -0.25) is 0 Å². The van der Waals surface area contributed by atoms with Gasteiger partial charge in [0.05, 0.1) is 12.1 Å². The number of likely N-dealkylation sites (N-methyl/N-ethyl adjacent to an activating group) is 1. The quantitative estimate of drug-likeness (QED) is 0.556. The Hall–Kier alpha value is -1.59. The van der Waals surface area contributed by atoms with E-state index < -0.39 is 0 Å². The molecule has 0 N–H and O–H groups in total. The van der Waals surface area contributed by atoms with Crippen molar-refractivity contribution in [3.8, 4) is 5.75 Å². The van der Waals surface area contributed by atoms with Crippen LogP contribution in [-0.2, 0) is 6.54 Å². The molecule has 1 atom stereocenters. The highest BCUT2D eigenvalue weighted by molar-refractivity contribution is 9.09. The van der Waals surface area contributed by atoms with Crippen molar-refractivity contribution in [2.24, 2.45) is 0 Å². The van der Waals surface area contributed by atoms with Crippen LogP contribution in [0, 0.1) is 0 Å². The standard InChI is InChI=1S/C17H22BrN3O/c1-20(2)13-16(18)21(17-6-4-5-11-19-17)12-14-7-9-15(22-3)10-8-14/h4-11,16H,12-13H2,1-3H3. The minimum absolute atomic E-state index is 0.180. The van der Waals surface area contributed by atoms with E-state index in [-0.39, 0.29) is 4.95 Å². The molecular formula is C17H22BrN3O. The van der Waals surface area contributed by atoms with Gasteiger partial charge in [0.1, 0.15) is 11.6 Å². The second-order valence-corrected chi connectivity index (χ2v) is 6.42. The van der Waals surface area contributed by atoms with Crippen LogP contribution in [0.25, 0.3) is 0 Å². The number of hydrogen-bond acceptors (Lipinski definition) is 4. The molecule has 0 fully saturated rings. The van der Waals surface area contributed by atoms with E-state index in [1.165, 1.54) is 5.56 Å². The molecule has 22 heavy (non-hydrogen) atoms. The van der Waals surface area contributed by atoms with E-state index in [0.29, 0.717) is 0 Å². The number of rotatable bonds is 7. The molecule has 2 aromatic rings. The molecule has 5 heteroatoms. The van der Waals surface area contributed by atoms with Gasteiger partial charge in [-0.1, -0.05) is 34.1 Å². The van der Waals surface area contributed by atoms with Gasteiger partial charge in [0.2, 0.25) is 0 Å². The smallest absolute Gasteiger partial charge is 0.129 e. The number of benzene rings is 1. The molecule has 0 amide bonds. The summed E-state index contributed by atoms with van der Waals surface area (Å²) < 4.78 is 5.22. The molecular weight excluding hydrogens is 342 g/mol. The SMILES string of the molecule is COc1ccc(CN(c2ccccn2)C(Br)CN(C)C)cc1. The summed E-state index contributed by atoms with van der Waals surface area (Å²) >= 11 is 3.79. The first kappa shape index (κ1) is 16.8. The lowest BCUT2D eigenvalue weighted by Gasteiger charge is -2.31. The first-order valence-electron chi connectivity index (χ1n) is 7.19. The van der Waals surface area contributed by atoms with Gasteiger partial charge in [0.15, 0.2) is 0 Å². The van der Waals surface area contributed by atoms with Crippen molar-refractivity contribution in [2.75, 3.05) is 32.6 Å². The fourth-order valence-electron chi connectivity index (χ4n) is 2.17. The summed E-state index contributed by atoms with van der Waals surface area (Å²) in [6, 6.07) is 14.1. The van der Waals surface area contributed by atoms with E-state index in [2.05, 4.69) is 56.9 Å². The highest BCUT2D eigenvalue weighted by atomic mass is 79.9. The van der Waals surface area contributed by atoms with Gasteiger partial charge in [-0.25, -0.2) is 4.98 Å². The van der Waals surface area contributed by atoms with Crippen LogP contribution in [0.15, 0.2) is 48.7 Å². The number of methoxy groups -OCH3 is 1. The number of anilines is 1. The Morgan fingerprint density at radius 2 is 1.86 bits per heavy atom. The van der Waals surface area contributed by atoms with Crippen molar-refractivity contribution in [1.82, 2.24) is 9.88 Å². The van der Waals surface area contributed by atoms with E-state index in [0.717, 1.165) is 24.7 Å². The van der Waals surface area contributed by atoms with Crippen molar-refractivity contribution in [2.45, 2.75) is 11.5 Å². The van der Waals surface area contributed by atoms with Crippen LogP contribution in [0.4, 0.5) is 5.82 Å². The van der Waals surface area contributed by atoms with E-state index in [9.17, 15) is 0 Å². The van der Waals surface area contributed by atoms with E-state index in [4.69, 9.17) is 4.74 Å². The highest BCUT2D eigenvalue weighted by Gasteiger charge is 2.18. The lowest BCUT2D eigenvalue weighted by Crippen LogP contribution is -2.38. The van der Waals surface area contributed by atoms with Crippen LogP contribution in [0.5, 0.6) is 5.75 Å². The van der Waals surface area contributed by atoms with Crippen molar-refractivity contribution in [1.29, 1.82) is 0 Å². The van der Waals surface area contributed by atoms with Gasteiger partial charge < -0.3 is 14.5 Å². The third kappa shape index (κ3) is 4.71. The first-order valence-corrected chi connectivity index (χ1v) is 8.11. The van der Waals surface area contributed by atoms with Crippen molar-refractivity contribution in [3.63, 3.8) is 0 Å². The molecule has 0 bridgehead atoms. The van der Waals surface area contributed by atoms with Gasteiger partial charge in [0.25, 0.3) is 0 Å². The van der Waals surface area contributed by atoms with Crippen molar-refractivity contribution >= 4 is 21.7 Å². The van der Waals surface area contributed by atoms with Gasteiger partial charge in [-0.2, -0.15) is 0 Å². The van der Waals surface area contributed by atoms with E-state index in [1.807, 2.05) is 36.5 Å². The average Bonchev–Trinajstić information content (AvgIpc) is 2.53. The number of hydrogen-bond donors (Lipinski definition) is 0. The number of halogens is 1. The molecule has 1 aromatic carbocycles. The summed E-state index contributed by atoms with van der Waals surface area (Å²) in [5, 5.41) is 0. The zero-order valence-electron chi connectivity index (χ0n) is 13.2. The topological polar surface area (TPSA) is 28.6 Å². The summed E-state index contributed by atoms with van der Waals surface area (Å²) in [5.41, 5.74) is 1.22. The van der Waals surface area contributed by atoms with Gasteiger partial charge in [-0.15, -0.1) is 0 Å². The minimum atomic E-state index is 0.180. The Morgan fingerprint density at radius 1 is 1.14 bits per heavy atom. The van der Waals surface area contributed by atoms with Crippen LogP contribution in [0.3, 0.4) is 0 Å². The van der Waals surface area contributed by atoms with Gasteiger partial charge >= 0.3 is 0 Å². The fraction of sp³-hybridized carbons (Fsp3) is 0.353. The Morgan fingerprint density at radius 3 is 2.41 bits per heavy atom. The molecule has 0 aliphatic heterocycles. The third-order valence-corrected chi connectivity index (χ3v) is 4.09. The van der Waals surface area contributed by atoms with Crippen molar-refractivity contribution in [3.05, 3.63) is 54.2 Å². The zero-order chi connectivity index (χ0) is 15.9. The Balaban J connectivity index is 2.19. The Labute approximate surface area is 140 Å². The van der Waals surface area contributed by atoms with E-state index in [1.54, 1.807) is 7.11 Å². The predicted octanol–water partition coefficient (Wildman–Crippen LogP) is 3.38. The molecule has 1 aromatic heterocycles. The minimum Gasteiger partial charge on any atom is -0.497 e. The average molecular weight is 364 g/mol. The summed E-state index contributed by atoms with van der Waals surface area (Å²) in [6.07, 6.45) is 1.83. The molecule has 0 saturated heterocycles. The van der Waals surface area contributed by atoms with E-state index >= 15 is 0 Å². The maximum absolute atomic E-state index is 5.22. The molecule has 0 radical (unpaired) electrons. The molecule has 1 unspecified atom stereocenters. The second kappa shape index (κ2) is 8.15. The molecule has 4 nitrogen and oxygen atoms in total. The van der Waals surface area contributed by atoms with Gasteiger partial charge in [0, 0.05) is 19.3 Å². The van der Waals surface area contributed by atoms with Crippen LogP contribution < -0.4 is 9.64 Å².